The molecule has 26 heavy (non-hydrogen) atoms. The summed E-state index contributed by atoms with van der Waals surface area (Å²) < 4.78 is 24.2. The maximum absolute atomic E-state index is 12.4. The van der Waals surface area contributed by atoms with Crippen LogP contribution >= 0.6 is 15.9 Å². The van der Waals surface area contributed by atoms with Gasteiger partial charge in [-0.15, -0.1) is 0 Å². The highest BCUT2D eigenvalue weighted by Crippen LogP contribution is 2.17. The molecule has 1 N–H and O–H groups in total. The van der Waals surface area contributed by atoms with Crippen LogP contribution in [0.25, 0.3) is 0 Å². The van der Waals surface area contributed by atoms with E-state index in [-0.39, 0.29) is 17.4 Å². The van der Waals surface area contributed by atoms with Crippen LogP contribution in [0.3, 0.4) is 0 Å². The molecule has 140 valence electrons. The largest absolute Gasteiger partial charge is 0.455 e. The fraction of sp³-hybridized carbons (Fsp3) is 0.389. The second-order valence-electron chi connectivity index (χ2n) is 5.92. The van der Waals surface area contributed by atoms with Gasteiger partial charge in [0.05, 0.1) is 29.8 Å². The van der Waals surface area contributed by atoms with Crippen LogP contribution in [-0.2, 0) is 21.3 Å². The van der Waals surface area contributed by atoms with Crippen molar-refractivity contribution in [1.82, 2.24) is 10.2 Å². The number of rotatable bonds is 7. The van der Waals surface area contributed by atoms with Crippen molar-refractivity contribution in [1.29, 1.82) is 0 Å². The normalized spacial score (nSPS) is 16.3. The van der Waals surface area contributed by atoms with E-state index in [2.05, 4.69) is 26.1 Å². The molecule has 6 nitrogen and oxygen atoms in total. The van der Waals surface area contributed by atoms with Crippen molar-refractivity contribution in [3.05, 3.63) is 52.4 Å². The highest BCUT2D eigenvalue weighted by Gasteiger charge is 2.15. The van der Waals surface area contributed by atoms with E-state index >= 15 is 0 Å². The maximum atomic E-state index is 12.4. The number of carbonyl (C=O) groups is 1. The van der Waals surface area contributed by atoms with Crippen LogP contribution in [0, 0.1) is 0 Å². The average molecular weight is 441 g/mol. The lowest BCUT2D eigenvalue weighted by Gasteiger charge is -2.26. The van der Waals surface area contributed by atoms with Crippen LogP contribution in [0.5, 0.6) is 0 Å². The zero-order valence-electron chi connectivity index (χ0n) is 14.3. The molecule has 1 aliphatic rings. The predicted molar refractivity (Wildman–Crippen MR) is 103 cm³/mol. The number of benzene rings is 1. The fourth-order valence-electron chi connectivity index (χ4n) is 2.62. The summed E-state index contributed by atoms with van der Waals surface area (Å²) in [6, 6.07) is 10.6. The molecule has 1 aromatic carbocycles. The first-order valence-electron chi connectivity index (χ1n) is 8.43. The van der Waals surface area contributed by atoms with Gasteiger partial charge in [-0.05, 0) is 36.4 Å². The Morgan fingerprint density at radius 1 is 1.15 bits per heavy atom. The Kier molecular flexibility index (Phi) is 7.01. The van der Waals surface area contributed by atoms with Gasteiger partial charge < -0.3 is 14.5 Å². The molecule has 1 aromatic heterocycles. The zero-order valence-corrected chi connectivity index (χ0v) is 16.7. The smallest absolute Gasteiger partial charge is 0.287 e. The van der Waals surface area contributed by atoms with Gasteiger partial charge >= 0.3 is 0 Å². The van der Waals surface area contributed by atoms with E-state index in [0.717, 1.165) is 42.2 Å². The van der Waals surface area contributed by atoms with Gasteiger partial charge in [0.1, 0.15) is 5.76 Å². The minimum absolute atomic E-state index is 0.239. The molecule has 1 fully saturated rings. The topological polar surface area (TPSA) is 71.8 Å². The van der Waals surface area contributed by atoms with E-state index in [4.69, 9.17) is 9.15 Å². The summed E-state index contributed by atoms with van der Waals surface area (Å²) in [5.74, 6) is 0.765. The van der Waals surface area contributed by atoms with E-state index in [0.29, 0.717) is 12.3 Å². The molecular weight excluding hydrogens is 420 g/mol. The molecule has 0 aliphatic carbocycles. The van der Waals surface area contributed by atoms with E-state index in [1.54, 1.807) is 12.1 Å². The summed E-state index contributed by atoms with van der Waals surface area (Å²) >= 11 is 3.36. The van der Waals surface area contributed by atoms with Crippen LogP contribution in [0.4, 0.5) is 0 Å². The first-order chi connectivity index (χ1) is 12.6. The number of amides is 1. The number of carbonyl (C=O) groups excluding carboxylic acids is 1. The molecule has 0 saturated carbocycles. The molecule has 0 spiro atoms. The average Bonchev–Trinajstić information content (AvgIpc) is 3.11. The van der Waals surface area contributed by atoms with E-state index in [1.165, 1.54) is 0 Å². The van der Waals surface area contributed by atoms with Crippen molar-refractivity contribution in [2.24, 2.45) is 0 Å². The van der Waals surface area contributed by atoms with Crippen LogP contribution in [0.1, 0.15) is 16.3 Å². The molecule has 0 bridgehead atoms. The second-order valence-corrected chi connectivity index (χ2v) is 8.29. The number of nitrogens with zero attached hydrogens (tertiary/aromatic N) is 1. The quantitative estimate of drug-likeness (QED) is 0.715. The number of ether oxygens (including phenoxy) is 1. The number of hydrogen-bond donors (Lipinski definition) is 1. The highest BCUT2D eigenvalue weighted by atomic mass is 79.9. The molecular formula is C18H21BrN2O4S. The number of nitrogens with one attached hydrogen (secondary N) is 1. The molecule has 1 aliphatic heterocycles. The summed E-state index contributed by atoms with van der Waals surface area (Å²) in [4.78, 5) is 15.1. The molecule has 1 atom stereocenters. The Hall–Kier alpha value is -1.48. The minimum atomic E-state index is -1.22. The SMILES string of the molecule is O=C(NCCN1CCOCC1)c1ccc(CS(=O)c2ccc(Br)cc2)o1. The minimum Gasteiger partial charge on any atom is -0.455 e. The number of halogens is 1. The molecule has 1 saturated heterocycles. The molecule has 1 unspecified atom stereocenters. The lowest BCUT2D eigenvalue weighted by molar-refractivity contribution is 0.0382. The highest BCUT2D eigenvalue weighted by molar-refractivity contribution is 9.10. The number of hydrogen-bond acceptors (Lipinski definition) is 5. The van der Waals surface area contributed by atoms with Crippen LogP contribution in [-0.4, -0.2) is 54.4 Å². The Labute approximate surface area is 163 Å². The molecule has 2 aromatic rings. The molecule has 3 rings (SSSR count). The molecule has 0 radical (unpaired) electrons. The van der Waals surface area contributed by atoms with Gasteiger partial charge in [0.2, 0.25) is 0 Å². The molecule has 2 heterocycles. The standard InChI is InChI=1S/C18H21BrN2O4S/c19-14-1-4-16(5-2-14)26(23)13-15-3-6-17(25-15)18(22)20-7-8-21-9-11-24-12-10-21/h1-6H,7-13H2,(H,20,22). The van der Waals surface area contributed by atoms with Gasteiger partial charge in [-0.25, -0.2) is 0 Å². The molecule has 1 amide bonds. The lowest BCUT2D eigenvalue weighted by atomic mass is 10.4. The van der Waals surface area contributed by atoms with Crippen LogP contribution in [0.2, 0.25) is 0 Å². The van der Waals surface area contributed by atoms with Crippen molar-refractivity contribution >= 4 is 32.6 Å². The van der Waals surface area contributed by atoms with Crippen molar-refractivity contribution in [3.8, 4) is 0 Å². The number of morpholine rings is 1. The Morgan fingerprint density at radius 3 is 2.62 bits per heavy atom. The predicted octanol–water partition coefficient (Wildman–Crippen LogP) is 2.41. The lowest BCUT2D eigenvalue weighted by Crippen LogP contribution is -2.41. The summed E-state index contributed by atoms with van der Waals surface area (Å²) in [6.07, 6.45) is 0. The van der Waals surface area contributed by atoms with Crippen molar-refractivity contribution in [2.75, 3.05) is 39.4 Å². The molecule has 8 heteroatoms. The van der Waals surface area contributed by atoms with Crippen molar-refractivity contribution < 1.29 is 18.2 Å². The summed E-state index contributed by atoms with van der Waals surface area (Å²) in [5.41, 5.74) is 0. The zero-order chi connectivity index (χ0) is 18.4. The first-order valence-corrected chi connectivity index (χ1v) is 10.5. The Morgan fingerprint density at radius 2 is 1.88 bits per heavy atom. The second kappa shape index (κ2) is 9.45. The van der Waals surface area contributed by atoms with Gasteiger partial charge in [0, 0.05) is 35.5 Å². The van der Waals surface area contributed by atoms with Crippen LogP contribution in [0.15, 0.2) is 50.2 Å². The summed E-state index contributed by atoms with van der Waals surface area (Å²) in [5, 5.41) is 2.85. The number of furan rings is 1. The maximum Gasteiger partial charge on any atom is 0.287 e. The van der Waals surface area contributed by atoms with Gasteiger partial charge in [0.25, 0.3) is 5.91 Å². The van der Waals surface area contributed by atoms with E-state index in [1.807, 2.05) is 24.3 Å². The van der Waals surface area contributed by atoms with Gasteiger partial charge in [-0.2, -0.15) is 0 Å². The van der Waals surface area contributed by atoms with Crippen molar-refractivity contribution in [3.63, 3.8) is 0 Å². The van der Waals surface area contributed by atoms with E-state index in [9.17, 15) is 9.00 Å². The summed E-state index contributed by atoms with van der Waals surface area (Å²) in [7, 11) is -1.22. The van der Waals surface area contributed by atoms with E-state index < -0.39 is 10.8 Å². The third kappa shape index (κ3) is 5.51. The fourth-order valence-corrected chi connectivity index (χ4v) is 3.90. The van der Waals surface area contributed by atoms with Gasteiger partial charge in [-0.3, -0.25) is 13.9 Å². The monoisotopic (exact) mass is 440 g/mol. The van der Waals surface area contributed by atoms with Gasteiger partial charge in [-0.1, -0.05) is 15.9 Å². The Bertz CT molecular complexity index is 757. The van der Waals surface area contributed by atoms with Gasteiger partial charge in [0.15, 0.2) is 5.76 Å². The third-order valence-electron chi connectivity index (χ3n) is 4.05. The van der Waals surface area contributed by atoms with Crippen molar-refractivity contribution in [2.45, 2.75) is 10.6 Å². The third-order valence-corrected chi connectivity index (χ3v) is 5.93. The first kappa shape index (κ1) is 19.3. The Balaban J connectivity index is 1.48. The summed E-state index contributed by atoms with van der Waals surface area (Å²) in [6.45, 7) is 4.61. The van der Waals surface area contributed by atoms with Crippen LogP contribution < -0.4 is 5.32 Å².